The Labute approximate surface area is 136 Å². The third kappa shape index (κ3) is 3.59. The monoisotopic (exact) mass is 320 g/mol. The minimum Gasteiger partial charge on any atom is -0.497 e. The van der Waals surface area contributed by atoms with Gasteiger partial charge in [-0.3, -0.25) is 9.69 Å². The molecule has 2 aliphatic rings. The molecule has 1 aromatic carbocycles. The Morgan fingerprint density at radius 1 is 1.35 bits per heavy atom. The zero-order valence-corrected chi connectivity index (χ0v) is 13.8. The molecule has 0 bridgehead atoms. The van der Waals surface area contributed by atoms with Gasteiger partial charge in [0.1, 0.15) is 24.2 Å². The third-order valence-corrected chi connectivity index (χ3v) is 4.43. The van der Waals surface area contributed by atoms with Crippen molar-refractivity contribution < 1.29 is 19.0 Å². The molecule has 0 aromatic heterocycles. The van der Waals surface area contributed by atoms with Gasteiger partial charge in [-0.15, -0.1) is 0 Å². The van der Waals surface area contributed by atoms with E-state index in [0.717, 1.165) is 30.2 Å². The Morgan fingerprint density at radius 3 is 3.00 bits per heavy atom. The number of ether oxygens (including phenoxy) is 3. The molecule has 0 saturated carbocycles. The molecule has 0 spiro atoms. The number of fused-ring (bicyclic) bond motifs is 1. The number of morpholine rings is 1. The number of hydrogen-bond acceptors (Lipinski definition) is 5. The van der Waals surface area contributed by atoms with Gasteiger partial charge in [0.2, 0.25) is 0 Å². The van der Waals surface area contributed by atoms with Gasteiger partial charge in [-0.2, -0.15) is 0 Å². The molecule has 1 fully saturated rings. The van der Waals surface area contributed by atoms with Gasteiger partial charge in [-0.05, 0) is 24.7 Å². The minimum absolute atomic E-state index is 0.0439. The van der Waals surface area contributed by atoms with E-state index in [0.29, 0.717) is 32.8 Å². The predicted molar refractivity (Wildman–Crippen MR) is 85.8 cm³/mol. The van der Waals surface area contributed by atoms with Crippen LogP contribution in [0.2, 0.25) is 0 Å². The van der Waals surface area contributed by atoms with E-state index in [1.807, 2.05) is 23.1 Å². The first-order chi connectivity index (χ1) is 11.2. The number of methoxy groups -OCH3 is 1. The molecule has 0 unspecified atom stereocenters. The summed E-state index contributed by atoms with van der Waals surface area (Å²) in [4.78, 5) is 16.9. The van der Waals surface area contributed by atoms with Crippen LogP contribution < -0.4 is 9.47 Å². The van der Waals surface area contributed by atoms with Gasteiger partial charge in [-0.1, -0.05) is 6.92 Å². The van der Waals surface area contributed by atoms with Gasteiger partial charge in [0, 0.05) is 25.2 Å². The van der Waals surface area contributed by atoms with Crippen molar-refractivity contribution in [3.63, 3.8) is 0 Å². The van der Waals surface area contributed by atoms with E-state index in [2.05, 4.69) is 11.8 Å². The fraction of sp³-hybridized carbons (Fsp3) is 0.588. The van der Waals surface area contributed by atoms with E-state index >= 15 is 0 Å². The second kappa shape index (κ2) is 7.19. The lowest BCUT2D eigenvalue weighted by atomic mass is 10.1. The lowest BCUT2D eigenvalue weighted by Gasteiger charge is -2.34. The predicted octanol–water partition coefficient (Wildman–Crippen LogP) is 1.14. The van der Waals surface area contributed by atoms with Crippen LogP contribution in [-0.4, -0.2) is 68.3 Å². The Kier molecular flexibility index (Phi) is 5.03. The average molecular weight is 320 g/mol. The molecule has 0 radical (unpaired) electrons. The Balaban J connectivity index is 1.73. The van der Waals surface area contributed by atoms with Crippen molar-refractivity contribution in [1.29, 1.82) is 0 Å². The molecule has 1 atom stereocenters. The molecule has 2 heterocycles. The van der Waals surface area contributed by atoms with Gasteiger partial charge in [0.05, 0.1) is 20.3 Å². The first-order valence-electron chi connectivity index (χ1n) is 8.13. The molecule has 3 rings (SSSR count). The maximum Gasteiger partial charge on any atom is 0.253 e. The molecule has 1 aromatic rings. The fourth-order valence-electron chi connectivity index (χ4n) is 3.03. The molecule has 1 saturated heterocycles. The summed E-state index contributed by atoms with van der Waals surface area (Å²) in [6.45, 7) is 6.81. The number of amides is 1. The molecule has 126 valence electrons. The van der Waals surface area contributed by atoms with Gasteiger partial charge >= 0.3 is 0 Å². The smallest absolute Gasteiger partial charge is 0.253 e. The lowest BCUT2D eigenvalue weighted by Crippen LogP contribution is -2.51. The van der Waals surface area contributed by atoms with E-state index < -0.39 is 0 Å². The second-order valence-corrected chi connectivity index (χ2v) is 5.83. The molecule has 6 nitrogen and oxygen atoms in total. The number of carbonyl (C=O) groups is 1. The summed E-state index contributed by atoms with van der Waals surface area (Å²) in [6.07, 6.45) is -0.379. The van der Waals surface area contributed by atoms with Crippen LogP contribution in [0.25, 0.3) is 0 Å². The van der Waals surface area contributed by atoms with Crippen molar-refractivity contribution in [1.82, 2.24) is 9.80 Å². The summed E-state index contributed by atoms with van der Waals surface area (Å²) in [5.74, 6) is 1.64. The topological polar surface area (TPSA) is 51.2 Å². The number of rotatable bonds is 3. The number of carbonyl (C=O) groups excluding carboxylic acids is 1. The van der Waals surface area contributed by atoms with Crippen LogP contribution in [0.1, 0.15) is 12.5 Å². The van der Waals surface area contributed by atoms with Gasteiger partial charge in [-0.25, -0.2) is 0 Å². The first kappa shape index (κ1) is 16.1. The quantitative estimate of drug-likeness (QED) is 0.836. The van der Waals surface area contributed by atoms with E-state index in [1.165, 1.54) is 0 Å². The maximum atomic E-state index is 12.8. The number of likely N-dealkylation sites (N-methyl/N-ethyl adjacent to an activating group) is 1. The normalized spacial score (nSPS) is 22.0. The molecular formula is C17H24N2O4. The lowest BCUT2D eigenvalue weighted by molar-refractivity contribution is -0.150. The highest BCUT2D eigenvalue weighted by atomic mass is 16.5. The highest BCUT2D eigenvalue weighted by molar-refractivity contribution is 5.81. The summed E-state index contributed by atoms with van der Waals surface area (Å²) in [6, 6.07) is 5.71. The Hall–Kier alpha value is -1.79. The molecule has 2 aliphatic heterocycles. The standard InChI is InChI=1S/C17H24N2O4/c1-3-18-6-8-23-16(12-18)17(20)19-7-9-22-15-5-4-14(21-2)10-13(15)11-19/h4-5,10,16H,3,6-9,11-12H2,1-2H3/t16-/m1/s1. The van der Waals surface area contributed by atoms with Crippen LogP contribution in [0.5, 0.6) is 11.5 Å². The molecular weight excluding hydrogens is 296 g/mol. The van der Waals surface area contributed by atoms with Crippen LogP contribution in [0.15, 0.2) is 18.2 Å². The Morgan fingerprint density at radius 2 is 2.22 bits per heavy atom. The van der Waals surface area contributed by atoms with Gasteiger partial charge in [0.25, 0.3) is 5.91 Å². The fourth-order valence-corrected chi connectivity index (χ4v) is 3.03. The average Bonchev–Trinajstić information content (AvgIpc) is 2.82. The number of benzene rings is 1. The molecule has 0 N–H and O–H groups in total. The summed E-state index contributed by atoms with van der Waals surface area (Å²) in [5, 5.41) is 0. The summed E-state index contributed by atoms with van der Waals surface area (Å²) >= 11 is 0. The van der Waals surface area contributed by atoms with Crippen LogP contribution in [-0.2, 0) is 16.1 Å². The first-order valence-corrected chi connectivity index (χ1v) is 8.13. The minimum atomic E-state index is -0.379. The van der Waals surface area contributed by atoms with Crippen molar-refractivity contribution in [3.8, 4) is 11.5 Å². The van der Waals surface area contributed by atoms with Crippen LogP contribution in [0.4, 0.5) is 0 Å². The molecule has 23 heavy (non-hydrogen) atoms. The zero-order valence-electron chi connectivity index (χ0n) is 13.8. The van der Waals surface area contributed by atoms with Gasteiger partial charge < -0.3 is 19.1 Å². The van der Waals surface area contributed by atoms with Crippen LogP contribution in [0, 0.1) is 0 Å². The van der Waals surface area contributed by atoms with E-state index in [4.69, 9.17) is 14.2 Å². The summed E-state index contributed by atoms with van der Waals surface area (Å²) in [5.41, 5.74) is 0.971. The second-order valence-electron chi connectivity index (χ2n) is 5.83. The molecule has 0 aliphatic carbocycles. The number of nitrogens with zero attached hydrogens (tertiary/aromatic N) is 2. The zero-order chi connectivity index (χ0) is 16.2. The summed E-state index contributed by atoms with van der Waals surface area (Å²) < 4.78 is 16.7. The highest BCUT2D eigenvalue weighted by Crippen LogP contribution is 2.27. The molecule has 1 amide bonds. The number of hydrogen-bond donors (Lipinski definition) is 0. The highest BCUT2D eigenvalue weighted by Gasteiger charge is 2.31. The van der Waals surface area contributed by atoms with Crippen molar-refractivity contribution >= 4 is 5.91 Å². The van der Waals surface area contributed by atoms with Crippen molar-refractivity contribution in [2.24, 2.45) is 0 Å². The van der Waals surface area contributed by atoms with E-state index in [9.17, 15) is 4.79 Å². The summed E-state index contributed by atoms with van der Waals surface area (Å²) in [7, 11) is 1.64. The van der Waals surface area contributed by atoms with Crippen molar-refractivity contribution in [3.05, 3.63) is 23.8 Å². The van der Waals surface area contributed by atoms with Crippen molar-refractivity contribution in [2.45, 2.75) is 19.6 Å². The third-order valence-electron chi connectivity index (χ3n) is 4.43. The maximum absolute atomic E-state index is 12.8. The van der Waals surface area contributed by atoms with Crippen LogP contribution >= 0.6 is 0 Å². The van der Waals surface area contributed by atoms with Gasteiger partial charge in [0.15, 0.2) is 0 Å². The van der Waals surface area contributed by atoms with E-state index in [-0.39, 0.29) is 12.0 Å². The van der Waals surface area contributed by atoms with Crippen LogP contribution in [0.3, 0.4) is 0 Å². The SMILES string of the molecule is CCN1CCO[C@@H](C(=O)N2CCOc3ccc(OC)cc3C2)C1. The van der Waals surface area contributed by atoms with E-state index in [1.54, 1.807) is 7.11 Å². The Bertz CT molecular complexity index is 564. The molecule has 6 heteroatoms. The van der Waals surface area contributed by atoms with Crippen molar-refractivity contribution in [2.75, 3.05) is 46.5 Å². The largest absolute Gasteiger partial charge is 0.497 e.